The van der Waals surface area contributed by atoms with Gasteiger partial charge >= 0.3 is 7.12 Å². The number of benzene rings is 1. The van der Waals surface area contributed by atoms with Gasteiger partial charge in [0.15, 0.2) is 0 Å². The van der Waals surface area contributed by atoms with Crippen LogP contribution in [0.3, 0.4) is 0 Å². The number of amides is 1. The van der Waals surface area contributed by atoms with Crippen molar-refractivity contribution >= 4 is 18.5 Å². The van der Waals surface area contributed by atoms with E-state index >= 15 is 0 Å². The number of carbonyl (C=O) groups is 1. The van der Waals surface area contributed by atoms with E-state index in [2.05, 4.69) is 11.4 Å². The molecular weight excluding hydrogens is 265 g/mol. The molecule has 1 aromatic carbocycles. The summed E-state index contributed by atoms with van der Waals surface area (Å²) in [5.74, 6) is -0.0237. The van der Waals surface area contributed by atoms with Crippen molar-refractivity contribution in [3.63, 3.8) is 0 Å². The molecule has 0 aromatic heterocycles. The zero-order valence-corrected chi connectivity index (χ0v) is 13.7. The molecular formula is C16H24BNO3. The summed E-state index contributed by atoms with van der Waals surface area (Å²) >= 11 is 0. The molecule has 1 heterocycles. The van der Waals surface area contributed by atoms with E-state index in [1.54, 1.807) is 0 Å². The highest BCUT2D eigenvalue weighted by Gasteiger charge is 2.51. The first-order chi connectivity index (χ1) is 9.62. The highest BCUT2D eigenvalue weighted by Crippen LogP contribution is 2.36. The zero-order chi connectivity index (χ0) is 15.8. The third-order valence-electron chi connectivity index (χ3n) is 4.42. The Morgan fingerprint density at radius 3 is 2.24 bits per heavy atom. The molecule has 1 N–H and O–H groups in total. The monoisotopic (exact) mass is 289 g/mol. The first kappa shape index (κ1) is 16.1. The Bertz CT molecular complexity index is 538. The maximum Gasteiger partial charge on any atom is 0.494 e. The summed E-state index contributed by atoms with van der Waals surface area (Å²) in [6.45, 7) is 12.3. The lowest BCUT2D eigenvalue weighted by Crippen LogP contribution is -2.41. The van der Waals surface area contributed by atoms with Crippen LogP contribution in [0.15, 0.2) is 18.2 Å². The van der Waals surface area contributed by atoms with E-state index in [4.69, 9.17) is 9.31 Å². The van der Waals surface area contributed by atoms with Crippen molar-refractivity contribution in [2.24, 2.45) is 0 Å². The van der Waals surface area contributed by atoms with Gasteiger partial charge in [0.1, 0.15) is 0 Å². The summed E-state index contributed by atoms with van der Waals surface area (Å²) in [5.41, 5.74) is 2.57. The molecule has 0 aliphatic carbocycles. The standard InChI is InChI=1S/C16H24BNO3/c1-11-9-14(8-7-13(11)10-18-12(2)19)17-20-15(3,4)16(5,6)21-17/h7-9H,10H2,1-6H3,(H,18,19). The molecule has 21 heavy (non-hydrogen) atoms. The molecule has 1 fully saturated rings. The van der Waals surface area contributed by atoms with Crippen LogP contribution in [0.5, 0.6) is 0 Å². The van der Waals surface area contributed by atoms with Crippen LogP contribution in [0.2, 0.25) is 0 Å². The van der Waals surface area contributed by atoms with Gasteiger partial charge in [0, 0.05) is 13.5 Å². The van der Waals surface area contributed by atoms with Crippen LogP contribution in [0.1, 0.15) is 45.7 Å². The molecule has 114 valence electrons. The topological polar surface area (TPSA) is 47.6 Å². The number of carbonyl (C=O) groups excluding carboxylic acids is 1. The SMILES string of the molecule is CC(=O)NCc1ccc(B2OC(C)(C)C(C)(C)O2)cc1C. The molecule has 1 aliphatic heterocycles. The molecule has 0 saturated carbocycles. The summed E-state index contributed by atoms with van der Waals surface area (Å²) in [5, 5.41) is 2.82. The number of hydrogen-bond donors (Lipinski definition) is 1. The first-order valence-corrected chi connectivity index (χ1v) is 7.32. The summed E-state index contributed by atoms with van der Waals surface area (Å²) in [7, 11) is -0.344. The van der Waals surface area contributed by atoms with Gasteiger partial charge in [0.2, 0.25) is 5.91 Å². The summed E-state index contributed by atoms with van der Waals surface area (Å²) in [6, 6.07) is 6.09. The Morgan fingerprint density at radius 1 is 1.19 bits per heavy atom. The molecule has 0 unspecified atom stereocenters. The van der Waals surface area contributed by atoms with Gasteiger partial charge in [0.05, 0.1) is 11.2 Å². The maximum absolute atomic E-state index is 11.0. The molecule has 0 atom stereocenters. The molecule has 4 nitrogen and oxygen atoms in total. The van der Waals surface area contributed by atoms with Crippen LogP contribution in [0.25, 0.3) is 0 Å². The van der Waals surface area contributed by atoms with Crippen LogP contribution < -0.4 is 10.8 Å². The van der Waals surface area contributed by atoms with Gasteiger partial charge in [-0.25, -0.2) is 0 Å². The van der Waals surface area contributed by atoms with E-state index in [-0.39, 0.29) is 24.2 Å². The average Bonchev–Trinajstić information content (AvgIpc) is 2.56. The van der Waals surface area contributed by atoms with Crippen molar-refractivity contribution < 1.29 is 14.1 Å². The maximum atomic E-state index is 11.0. The van der Waals surface area contributed by atoms with Gasteiger partial charge in [-0.05, 0) is 51.2 Å². The van der Waals surface area contributed by atoms with Gasteiger partial charge in [-0.2, -0.15) is 0 Å². The van der Waals surface area contributed by atoms with Gasteiger partial charge in [-0.3, -0.25) is 4.79 Å². The minimum atomic E-state index is -0.344. The van der Waals surface area contributed by atoms with Gasteiger partial charge in [0.25, 0.3) is 0 Å². The summed E-state index contributed by atoms with van der Waals surface area (Å²) < 4.78 is 12.1. The predicted octanol–water partition coefficient (Wildman–Crippen LogP) is 1.93. The van der Waals surface area contributed by atoms with Gasteiger partial charge < -0.3 is 14.6 Å². The number of rotatable bonds is 3. The lowest BCUT2D eigenvalue weighted by atomic mass is 9.78. The summed E-state index contributed by atoms with van der Waals surface area (Å²) in [4.78, 5) is 11.0. The largest absolute Gasteiger partial charge is 0.494 e. The number of aryl methyl sites for hydroxylation is 1. The van der Waals surface area contributed by atoms with Crippen molar-refractivity contribution in [1.82, 2.24) is 5.32 Å². The van der Waals surface area contributed by atoms with Crippen molar-refractivity contribution in [1.29, 1.82) is 0 Å². The molecule has 1 amide bonds. The Morgan fingerprint density at radius 2 is 1.76 bits per heavy atom. The van der Waals surface area contributed by atoms with Crippen molar-refractivity contribution in [3.05, 3.63) is 29.3 Å². The van der Waals surface area contributed by atoms with Gasteiger partial charge in [-0.15, -0.1) is 0 Å². The fourth-order valence-corrected chi connectivity index (χ4v) is 2.26. The van der Waals surface area contributed by atoms with Crippen LogP contribution in [-0.4, -0.2) is 24.2 Å². The van der Waals surface area contributed by atoms with E-state index in [1.165, 1.54) is 6.92 Å². The van der Waals surface area contributed by atoms with Crippen LogP contribution in [-0.2, 0) is 20.6 Å². The highest BCUT2D eigenvalue weighted by atomic mass is 16.7. The third kappa shape index (κ3) is 3.30. The fraction of sp³-hybridized carbons (Fsp3) is 0.562. The molecule has 5 heteroatoms. The van der Waals surface area contributed by atoms with Crippen LogP contribution >= 0.6 is 0 Å². The van der Waals surface area contributed by atoms with Crippen LogP contribution in [0, 0.1) is 6.92 Å². The van der Waals surface area contributed by atoms with Crippen molar-refractivity contribution in [2.75, 3.05) is 0 Å². The average molecular weight is 289 g/mol. The quantitative estimate of drug-likeness (QED) is 0.865. The fourth-order valence-electron chi connectivity index (χ4n) is 2.26. The molecule has 1 saturated heterocycles. The van der Waals surface area contributed by atoms with Crippen molar-refractivity contribution in [3.8, 4) is 0 Å². The number of hydrogen-bond acceptors (Lipinski definition) is 3. The lowest BCUT2D eigenvalue weighted by molar-refractivity contribution is -0.119. The van der Waals surface area contributed by atoms with E-state index in [0.29, 0.717) is 6.54 Å². The molecule has 0 spiro atoms. The molecule has 2 rings (SSSR count). The lowest BCUT2D eigenvalue weighted by Gasteiger charge is -2.32. The molecule has 1 aliphatic rings. The third-order valence-corrected chi connectivity index (χ3v) is 4.42. The zero-order valence-electron chi connectivity index (χ0n) is 13.7. The predicted molar refractivity (Wildman–Crippen MR) is 84.4 cm³/mol. The van der Waals surface area contributed by atoms with Gasteiger partial charge in [-0.1, -0.05) is 18.2 Å². The van der Waals surface area contributed by atoms with E-state index in [0.717, 1.165) is 16.6 Å². The highest BCUT2D eigenvalue weighted by molar-refractivity contribution is 6.62. The second kappa shape index (κ2) is 5.46. The molecule has 0 bridgehead atoms. The van der Waals surface area contributed by atoms with Crippen molar-refractivity contribution in [2.45, 2.75) is 59.3 Å². The Kier molecular flexibility index (Phi) is 4.18. The minimum absolute atomic E-state index is 0.0237. The smallest absolute Gasteiger partial charge is 0.399 e. The van der Waals surface area contributed by atoms with Crippen LogP contribution in [0.4, 0.5) is 0 Å². The van der Waals surface area contributed by atoms with E-state index in [9.17, 15) is 4.79 Å². The first-order valence-electron chi connectivity index (χ1n) is 7.32. The van der Waals surface area contributed by atoms with E-state index < -0.39 is 0 Å². The normalized spacial score (nSPS) is 19.6. The second-order valence-electron chi connectivity index (χ2n) is 6.68. The second-order valence-corrected chi connectivity index (χ2v) is 6.68. The Labute approximate surface area is 127 Å². The Balaban J connectivity index is 2.16. The molecule has 1 aromatic rings. The minimum Gasteiger partial charge on any atom is -0.399 e. The molecule has 0 radical (unpaired) electrons. The Hall–Kier alpha value is -1.33. The number of nitrogens with one attached hydrogen (secondary N) is 1. The summed E-state index contributed by atoms with van der Waals surface area (Å²) in [6.07, 6.45) is 0. The van der Waals surface area contributed by atoms with E-state index in [1.807, 2.05) is 46.8 Å².